The summed E-state index contributed by atoms with van der Waals surface area (Å²) in [5, 5.41) is 0.922. The average molecular weight is 502 g/mol. The van der Waals surface area contributed by atoms with Gasteiger partial charge in [0.05, 0.1) is 6.10 Å². The SMILES string of the molecule is CCC(=O)O[C@@H]1[C@@H](OC(=O)CC)[C@H](C)O[C@H](OC(=O)/C=C/c2c[nH]c3ccccc23)[C@@H]1OC(=O)CC. The number of carbonyl (C=O) groups excluding carboxylic acids is 4. The van der Waals surface area contributed by atoms with Crippen molar-refractivity contribution in [1.29, 1.82) is 0 Å². The van der Waals surface area contributed by atoms with Crippen molar-refractivity contribution in [3.8, 4) is 0 Å². The Hall–Kier alpha value is -3.66. The lowest BCUT2D eigenvalue weighted by molar-refractivity contribution is -0.292. The van der Waals surface area contributed by atoms with Gasteiger partial charge in [-0.2, -0.15) is 0 Å². The van der Waals surface area contributed by atoms with Crippen LogP contribution in [0.5, 0.6) is 0 Å². The summed E-state index contributed by atoms with van der Waals surface area (Å²) in [6.45, 7) is 6.38. The number of ether oxygens (including phenoxy) is 5. The van der Waals surface area contributed by atoms with Crippen LogP contribution in [-0.2, 0) is 42.9 Å². The number of H-pyrrole nitrogens is 1. The molecule has 5 atom stereocenters. The van der Waals surface area contributed by atoms with Crippen LogP contribution in [0.1, 0.15) is 52.5 Å². The Morgan fingerprint density at radius 1 is 0.861 bits per heavy atom. The third kappa shape index (κ3) is 6.51. The fourth-order valence-corrected chi connectivity index (χ4v) is 3.74. The molecule has 0 amide bonds. The molecule has 3 rings (SSSR count). The lowest BCUT2D eigenvalue weighted by atomic mass is 9.98. The van der Waals surface area contributed by atoms with Crippen LogP contribution >= 0.6 is 0 Å². The number of esters is 4. The second-order valence-electron chi connectivity index (χ2n) is 8.19. The Bertz CT molecular complexity index is 1120. The molecule has 1 aromatic carbocycles. The summed E-state index contributed by atoms with van der Waals surface area (Å²) in [6, 6.07) is 7.60. The molecule has 0 radical (unpaired) electrons. The van der Waals surface area contributed by atoms with Gasteiger partial charge in [-0.05, 0) is 19.1 Å². The van der Waals surface area contributed by atoms with Crippen LogP contribution in [-0.4, -0.2) is 59.6 Å². The minimum absolute atomic E-state index is 0.0149. The first-order valence-electron chi connectivity index (χ1n) is 12.0. The molecule has 1 fully saturated rings. The number of aromatic amines is 1. The predicted octanol–water partition coefficient (Wildman–Crippen LogP) is 3.43. The first kappa shape index (κ1) is 26.9. The normalized spacial score (nSPS) is 23.8. The molecule has 0 spiro atoms. The smallest absolute Gasteiger partial charge is 0.333 e. The van der Waals surface area contributed by atoms with Gasteiger partial charge in [-0.3, -0.25) is 14.4 Å². The molecule has 0 aliphatic carbocycles. The largest absolute Gasteiger partial charge is 0.455 e. The standard InChI is InChI=1S/C26H31NO9/c1-5-19(28)33-23-15(4)32-26(25(35-21(30)7-3)24(23)34-20(29)6-2)36-22(31)13-12-16-14-27-18-11-9-8-10-17(16)18/h8-15,23-27H,5-7H2,1-4H3/b13-12+/t15-,23-,24+,25+,26+/m0/s1. The van der Waals surface area contributed by atoms with E-state index in [-0.39, 0.29) is 19.3 Å². The Labute approximate surface area is 208 Å². The maximum absolute atomic E-state index is 12.7. The van der Waals surface area contributed by atoms with Gasteiger partial charge < -0.3 is 28.7 Å². The Morgan fingerprint density at radius 2 is 1.44 bits per heavy atom. The van der Waals surface area contributed by atoms with E-state index >= 15 is 0 Å². The minimum atomic E-state index is -1.40. The van der Waals surface area contributed by atoms with E-state index in [0.29, 0.717) is 0 Å². The van der Waals surface area contributed by atoms with Crippen molar-refractivity contribution in [2.75, 3.05) is 0 Å². The Morgan fingerprint density at radius 3 is 2.08 bits per heavy atom. The highest BCUT2D eigenvalue weighted by molar-refractivity contribution is 5.94. The quantitative estimate of drug-likeness (QED) is 0.312. The van der Waals surface area contributed by atoms with Crippen LogP contribution in [0.3, 0.4) is 0 Å². The van der Waals surface area contributed by atoms with Crippen molar-refractivity contribution in [2.45, 2.75) is 77.7 Å². The van der Waals surface area contributed by atoms with Crippen molar-refractivity contribution in [3.05, 3.63) is 42.1 Å². The third-order valence-electron chi connectivity index (χ3n) is 5.65. The van der Waals surface area contributed by atoms with Gasteiger partial charge in [-0.15, -0.1) is 0 Å². The summed E-state index contributed by atoms with van der Waals surface area (Å²) < 4.78 is 27.7. The average Bonchev–Trinajstić information content (AvgIpc) is 3.29. The third-order valence-corrected chi connectivity index (χ3v) is 5.65. The molecule has 0 unspecified atom stereocenters. The molecule has 10 nitrogen and oxygen atoms in total. The maximum atomic E-state index is 12.7. The van der Waals surface area contributed by atoms with Crippen molar-refractivity contribution in [3.63, 3.8) is 0 Å². The first-order valence-corrected chi connectivity index (χ1v) is 12.0. The van der Waals surface area contributed by atoms with Crippen LogP contribution in [0.2, 0.25) is 0 Å². The first-order chi connectivity index (χ1) is 17.3. The second-order valence-corrected chi connectivity index (χ2v) is 8.19. The molecule has 1 aromatic heterocycles. The molecule has 0 saturated carbocycles. The van der Waals surface area contributed by atoms with Crippen molar-refractivity contribution >= 4 is 40.9 Å². The van der Waals surface area contributed by atoms with Gasteiger partial charge in [0.2, 0.25) is 12.4 Å². The van der Waals surface area contributed by atoms with Gasteiger partial charge in [0.25, 0.3) is 0 Å². The number of para-hydroxylation sites is 1. The summed E-state index contributed by atoms with van der Waals surface area (Å²) in [6.07, 6.45) is -1.19. The number of rotatable bonds is 9. The maximum Gasteiger partial charge on any atom is 0.333 e. The monoisotopic (exact) mass is 501 g/mol. The van der Waals surface area contributed by atoms with Crippen LogP contribution in [0.15, 0.2) is 36.5 Å². The zero-order valence-electron chi connectivity index (χ0n) is 20.7. The summed E-state index contributed by atoms with van der Waals surface area (Å²) in [5.74, 6) is -2.55. The predicted molar refractivity (Wildman–Crippen MR) is 128 cm³/mol. The topological polar surface area (TPSA) is 130 Å². The van der Waals surface area contributed by atoms with Crippen LogP contribution in [0.25, 0.3) is 17.0 Å². The lowest BCUT2D eigenvalue weighted by Crippen LogP contribution is -2.61. The Kier molecular flexibility index (Phi) is 9.24. The second kappa shape index (κ2) is 12.3. The van der Waals surface area contributed by atoms with E-state index in [1.54, 1.807) is 40.0 Å². The zero-order chi connectivity index (χ0) is 26.2. The molecule has 1 aliphatic rings. The van der Waals surface area contributed by atoms with Gasteiger partial charge in [-0.25, -0.2) is 4.79 Å². The molecule has 0 bridgehead atoms. The van der Waals surface area contributed by atoms with E-state index in [2.05, 4.69) is 4.98 Å². The van der Waals surface area contributed by atoms with E-state index in [4.69, 9.17) is 23.7 Å². The van der Waals surface area contributed by atoms with Gasteiger partial charge in [-0.1, -0.05) is 39.0 Å². The van der Waals surface area contributed by atoms with Crippen molar-refractivity contribution in [1.82, 2.24) is 4.98 Å². The summed E-state index contributed by atoms with van der Waals surface area (Å²) in [4.78, 5) is 52.3. The summed E-state index contributed by atoms with van der Waals surface area (Å²) in [7, 11) is 0. The number of carbonyl (C=O) groups is 4. The van der Waals surface area contributed by atoms with Gasteiger partial charge >= 0.3 is 23.9 Å². The number of hydrogen-bond donors (Lipinski definition) is 1. The summed E-state index contributed by atoms with van der Waals surface area (Å²) >= 11 is 0. The van der Waals surface area contributed by atoms with E-state index in [1.807, 2.05) is 24.3 Å². The highest BCUT2D eigenvalue weighted by Crippen LogP contribution is 2.30. The molecule has 1 aliphatic heterocycles. The lowest BCUT2D eigenvalue weighted by Gasteiger charge is -2.43. The summed E-state index contributed by atoms with van der Waals surface area (Å²) in [5.41, 5.74) is 1.69. The number of nitrogens with one attached hydrogen (secondary N) is 1. The van der Waals surface area contributed by atoms with E-state index < -0.39 is 54.6 Å². The van der Waals surface area contributed by atoms with Crippen LogP contribution in [0, 0.1) is 0 Å². The minimum Gasteiger partial charge on any atom is -0.455 e. The molecule has 1 saturated heterocycles. The number of aromatic nitrogens is 1. The van der Waals surface area contributed by atoms with Crippen LogP contribution < -0.4 is 0 Å². The molecule has 1 N–H and O–H groups in total. The number of hydrogen-bond acceptors (Lipinski definition) is 9. The molecule has 2 heterocycles. The highest BCUT2D eigenvalue weighted by Gasteiger charge is 2.52. The number of benzene rings is 1. The van der Waals surface area contributed by atoms with E-state index in [1.165, 1.54) is 6.08 Å². The van der Waals surface area contributed by atoms with Gasteiger partial charge in [0.15, 0.2) is 12.2 Å². The number of fused-ring (bicyclic) bond motifs is 1. The fourth-order valence-electron chi connectivity index (χ4n) is 3.74. The molecule has 36 heavy (non-hydrogen) atoms. The van der Waals surface area contributed by atoms with Crippen molar-refractivity contribution in [2.24, 2.45) is 0 Å². The molecule has 10 heteroatoms. The molecule has 194 valence electrons. The van der Waals surface area contributed by atoms with Gasteiger partial charge in [0, 0.05) is 48.0 Å². The molecular formula is C26H31NO9. The Balaban J connectivity index is 1.85. The van der Waals surface area contributed by atoms with Crippen molar-refractivity contribution < 1.29 is 42.9 Å². The zero-order valence-corrected chi connectivity index (χ0v) is 20.7. The van der Waals surface area contributed by atoms with Gasteiger partial charge in [0.1, 0.15) is 0 Å². The van der Waals surface area contributed by atoms with E-state index in [0.717, 1.165) is 16.5 Å². The molecular weight excluding hydrogens is 470 g/mol. The van der Waals surface area contributed by atoms with Crippen LogP contribution in [0.4, 0.5) is 0 Å². The fraction of sp³-hybridized carbons (Fsp3) is 0.462. The van der Waals surface area contributed by atoms with E-state index in [9.17, 15) is 19.2 Å². The molecule has 2 aromatic rings. The highest BCUT2D eigenvalue weighted by atomic mass is 16.7.